The average Bonchev–Trinajstić information content (AvgIpc) is 2.54. The molecule has 1 aromatic heterocycles. The van der Waals surface area contributed by atoms with Crippen LogP contribution in [0.5, 0.6) is 0 Å². The minimum Gasteiger partial charge on any atom is -0.444 e. The minimum atomic E-state index is -1.23. The third kappa shape index (κ3) is 5.31. The smallest absolute Gasteiger partial charge is 0.410 e. The van der Waals surface area contributed by atoms with Crippen molar-refractivity contribution in [1.82, 2.24) is 9.88 Å². The van der Waals surface area contributed by atoms with Crippen LogP contribution in [0.15, 0.2) is 23.4 Å². The van der Waals surface area contributed by atoms with E-state index in [4.69, 9.17) is 10.00 Å². The van der Waals surface area contributed by atoms with Crippen LogP contribution in [0.4, 0.5) is 4.79 Å². The number of ether oxygens (including phenoxy) is 1. The highest BCUT2D eigenvalue weighted by Crippen LogP contribution is 2.22. The number of rotatable bonds is 3. The third-order valence-electron chi connectivity index (χ3n) is 3.75. The number of hydrogen-bond acceptors (Lipinski definition) is 5. The van der Waals surface area contributed by atoms with Gasteiger partial charge in [-0.05, 0) is 51.7 Å². The van der Waals surface area contributed by atoms with E-state index < -0.39 is 16.4 Å². The molecule has 6 nitrogen and oxygen atoms in total. The van der Waals surface area contributed by atoms with E-state index in [0.29, 0.717) is 29.4 Å². The molecule has 0 N–H and O–H groups in total. The van der Waals surface area contributed by atoms with Gasteiger partial charge in [-0.2, -0.15) is 5.26 Å². The Morgan fingerprint density at radius 3 is 2.71 bits per heavy atom. The number of piperidine rings is 1. The zero-order valence-corrected chi connectivity index (χ0v) is 15.1. The van der Waals surface area contributed by atoms with E-state index in [0.717, 1.165) is 12.8 Å². The Hall–Kier alpha value is -1.94. The summed E-state index contributed by atoms with van der Waals surface area (Å²) in [4.78, 5) is 17.8. The van der Waals surface area contributed by atoms with Crippen LogP contribution in [0.1, 0.15) is 39.2 Å². The summed E-state index contributed by atoms with van der Waals surface area (Å²) in [5.74, 6) is 0.779. The summed E-state index contributed by atoms with van der Waals surface area (Å²) in [6.07, 6.45) is 2.81. The molecule has 1 aliphatic heterocycles. The van der Waals surface area contributed by atoms with Crippen LogP contribution < -0.4 is 0 Å². The number of pyridine rings is 1. The van der Waals surface area contributed by atoms with Crippen LogP contribution in [-0.4, -0.2) is 44.6 Å². The molecule has 24 heavy (non-hydrogen) atoms. The maximum absolute atomic E-state index is 12.4. The van der Waals surface area contributed by atoms with Gasteiger partial charge in [0.25, 0.3) is 0 Å². The van der Waals surface area contributed by atoms with Gasteiger partial charge in [-0.1, -0.05) is 0 Å². The number of nitrogens with zero attached hydrogens (tertiary/aromatic N) is 3. The number of carbonyl (C=O) groups is 1. The molecule has 1 aromatic rings. The van der Waals surface area contributed by atoms with Crippen molar-refractivity contribution < 1.29 is 13.7 Å². The van der Waals surface area contributed by atoms with Gasteiger partial charge in [-0.3, -0.25) is 4.21 Å². The van der Waals surface area contributed by atoms with Crippen LogP contribution in [0.25, 0.3) is 0 Å². The van der Waals surface area contributed by atoms with Gasteiger partial charge in [0.1, 0.15) is 10.6 Å². The van der Waals surface area contributed by atoms with Crippen LogP contribution in [0.3, 0.4) is 0 Å². The lowest BCUT2D eigenvalue weighted by Crippen LogP contribution is -2.42. The molecule has 1 saturated heterocycles. The molecule has 0 unspecified atom stereocenters. The lowest BCUT2D eigenvalue weighted by molar-refractivity contribution is 0.0191. The molecule has 7 heteroatoms. The summed E-state index contributed by atoms with van der Waals surface area (Å²) in [5.41, 5.74) is -0.0274. The van der Waals surface area contributed by atoms with E-state index >= 15 is 0 Å². The van der Waals surface area contributed by atoms with Gasteiger partial charge in [-0.15, -0.1) is 0 Å². The Morgan fingerprint density at radius 1 is 1.46 bits per heavy atom. The number of aromatic nitrogens is 1. The summed E-state index contributed by atoms with van der Waals surface area (Å²) in [6, 6.07) is 5.20. The Morgan fingerprint density at radius 2 is 2.12 bits per heavy atom. The van der Waals surface area contributed by atoms with Gasteiger partial charge in [0.05, 0.1) is 22.4 Å². The molecule has 0 aromatic carbocycles. The number of amides is 1. The van der Waals surface area contributed by atoms with Crippen LogP contribution in [0, 0.1) is 17.2 Å². The highest BCUT2D eigenvalue weighted by atomic mass is 32.2. The summed E-state index contributed by atoms with van der Waals surface area (Å²) in [6.45, 7) is 6.78. The van der Waals surface area contributed by atoms with Crippen molar-refractivity contribution in [2.75, 3.05) is 18.8 Å². The normalized spacial score (nSPS) is 17.2. The zero-order valence-electron chi connectivity index (χ0n) is 14.3. The molecular weight excluding hydrogens is 326 g/mol. The van der Waals surface area contributed by atoms with E-state index in [9.17, 15) is 9.00 Å². The van der Waals surface area contributed by atoms with Gasteiger partial charge in [0.15, 0.2) is 0 Å². The molecule has 1 aliphatic rings. The molecule has 1 fully saturated rings. The zero-order chi connectivity index (χ0) is 17.7. The average molecular weight is 349 g/mol. The van der Waals surface area contributed by atoms with E-state index in [1.165, 1.54) is 6.20 Å². The SMILES string of the molecule is CC(C)(C)OC(=O)N1CCC(C[S@](=O)c2cc(C#N)ccn2)CC1. The Balaban J connectivity index is 1.85. The van der Waals surface area contributed by atoms with Crippen LogP contribution in [0.2, 0.25) is 0 Å². The molecule has 1 amide bonds. The first-order valence-corrected chi connectivity index (χ1v) is 9.33. The molecule has 130 valence electrons. The summed E-state index contributed by atoms with van der Waals surface area (Å²) >= 11 is 0. The van der Waals surface area contributed by atoms with Crippen molar-refractivity contribution in [3.05, 3.63) is 23.9 Å². The van der Waals surface area contributed by atoms with Gasteiger partial charge in [0.2, 0.25) is 0 Å². The third-order valence-corrected chi connectivity index (χ3v) is 5.21. The standard InChI is InChI=1S/C17H23N3O3S/c1-17(2,3)23-16(21)20-8-5-13(6-9-20)12-24(22)15-10-14(11-18)4-7-19-15/h4,7,10,13H,5-6,8-9,12H2,1-3H3/t24-/m0/s1. The van der Waals surface area contributed by atoms with Gasteiger partial charge in [0, 0.05) is 25.0 Å². The van der Waals surface area contributed by atoms with Crippen molar-refractivity contribution in [2.45, 2.75) is 44.2 Å². The molecule has 0 bridgehead atoms. The second kappa shape index (κ2) is 7.75. The highest BCUT2D eigenvalue weighted by molar-refractivity contribution is 7.84. The second-order valence-corrected chi connectivity index (χ2v) is 8.36. The van der Waals surface area contributed by atoms with Gasteiger partial charge >= 0.3 is 6.09 Å². The molecular formula is C17H23N3O3S. The fourth-order valence-corrected chi connectivity index (χ4v) is 3.88. The maximum atomic E-state index is 12.4. The molecule has 2 rings (SSSR count). The number of likely N-dealkylation sites (tertiary alicyclic amines) is 1. The topological polar surface area (TPSA) is 83.3 Å². The van der Waals surface area contributed by atoms with E-state index in [1.807, 2.05) is 26.8 Å². The van der Waals surface area contributed by atoms with E-state index in [1.54, 1.807) is 17.0 Å². The lowest BCUT2D eigenvalue weighted by atomic mass is 9.99. The first-order chi connectivity index (χ1) is 11.3. The molecule has 0 radical (unpaired) electrons. The quantitative estimate of drug-likeness (QED) is 0.838. The minimum absolute atomic E-state index is 0.275. The monoisotopic (exact) mass is 349 g/mol. The predicted octanol–water partition coefficient (Wildman–Crippen LogP) is 2.71. The second-order valence-electron chi connectivity index (χ2n) is 6.92. The van der Waals surface area contributed by atoms with E-state index in [-0.39, 0.29) is 12.0 Å². The van der Waals surface area contributed by atoms with E-state index in [2.05, 4.69) is 4.98 Å². The predicted molar refractivity (Wildman–Crippen MR) is 90.8 cm³/mol. The largest absolute Gasteiger partial charge is 0.444 e. The molecule has 0 spiro atoms. The fourth-order valence-electron chi connectivity index (χ4n) is 2.51. The first-order valence-electron chi connectivity index (χ1n) is 8.01. The maximum Gasteiger partial charge on any atom is 0.410 e. The van der Waals surface area contributed by atoms with Crippen molar-refractivity contribution >= 4 is 16.9 Å². The summed E-state index contributed by atoms with van der Waals surface area (Å²) in [5, 5.41) is 9.35. The Kier molecular flexibility index (Phi) is 5.94. The summed E-state index contributed by atoms with van der Waals surface area (Å²) in [7, 11) is -1.23. The van der Waals surface area contributed by atoms with Gasteiger partial charge in [-0.25, -0.2) is 9.78 Å². The molecule has 0 aliphatic carbocycles. The first kappa shape index (κ1) is 18.4. The summed E-state index contributed by atoms with van der Waals surface area (Å²) < 4.78 is 17.8. The van der Waals surface area contributed by atoms with Crippen molar-refractivity contribution in [3.63, 3.8) is 0 Å². The fraction of sp³-hybridized carbons (Fsp3) is 0.588. The Labute approximate surface area is 145 Å². The van der Waals surface area contributed by atoms with Crippen molar-refractivity contribution in [3.8, 4) is 6.07 Å². The Bertz CT molecular complexity index is 656. The molecule has 2 heterocycles. The van der Waals surface area contributed by atoms with Crippen molar-refractivity contribution in [2.24, 2.45) is 5.92 Å². The number of hydrogen-bond donors (Lipinski definition) is 0. The molecule has 1 atom stereocenters. The van der Waals surface area contributed by atoms with Gasteiger partial charge < -0.3 is 9.64 Å². The lowest BCUT2D eigenvalue weighted by Gasteiger charge is -2.33. The van der Waals surface area contributed by atoms with Crippen LogP contribution in [-0.2, 0) is 15.5 Å². The number of nitriles is 1. The van der Waals surface area contributed by atoms with Crippen molar-refractivity contribution in [1.29, 1.82) is 5.26 Å². The molecule has 0 saturated carbocycles. The highest BCUT2D eigenvalue weighted by Gasteiger charge is 2.27. The number of carbonyl (C=O) groups excluding carboxylic acids is 1. The van der Waals surface area contributed by atoms with Crippen LogP contribution >= 0.6 is 0 Å².